The van der Waals surface area contributed by atoms with Gasteiger partial charge in [-0.2, -0.15) is 0 Å². The lowest BCUT2D eigenvalue weighted by molar-refractivity contribution is -0.119. The minimum absolute atomic E-state index is 0.208. The van der Waals surface area contributed by atoms with Crippen molar-refractivity contribution in [3.05, 3.63) is 95.8 Å². The van der Waals surface area contributed by atoms with Crippen LogP contribution in [0, 0.1) is 5.82 Å². The average Bonchev–Trinajstić information content (AvgIpc) is 2.74. The Labute approximate surface area is 166 Å². The van der Waals surface area contributed by atoms with Gasteiger partial charge in [0.05, 0.1) is 16.8 Å². The van der Waals surface area contributed by atoms with Crippen LogP contribution in [0.2, 0.25) is 0 Å². The summed E-state index contributed by atoms with van der Waals surface area (Å²) in [5.41, 5.74) is 1.21. The molecule has 0 atom stereocenters. The van der Waals surface area contributed by atoms with E-state index in [0.717, 1.165) is 0 Å². The van der Waals surface area contributed by atoms with Crippen LogP contribution in [0.4, 0.5) is 15.8 Å². The van der Waals surface area contributed by atoms with Crippen molar-refractivity contribution >= 4 is 29.2 Å². The zero-order chi connectivity index (χ0) is 20.6. The molecule has 2 N–H and O–H groups in total. The van der Waals surface area contributed by atoms with Gasteiger partial charge in [0.1, 0.15) is 5.82 Å². The van der Waals surface area contributed by atoms with Gasteiger partial charge < -0.3 is 15.4 Å². The van der Waals surface area contributed by atoms with Crippen molar-refractivity contribution in [2.75, 3.05) is 17.2 Å². The molecular formula is C22H17FN2O4. The fourth-order valence-electron chi connectivity index (χ4n) is 2.50. The van der Waals surface area contributed by atoms with Crippen molar-refractivity contribution in [2.24, 2.45) is 0 Å². The van der Waals surface area contributed by atoms with Crippen LogP contribution in [0.15, 0.2) is 78.9 Å². The van der Waals surface area contributed by atoms with Crippen LogP contribution in [0.5, 0.6) is 0 Å². The maximum Gasteiger partial charge on any atom is 0.338 e. The highest BCUT2D eigenvalue weighted by Gasteiger charge is 2.15. The van der Waals surface area contributed by atoms with E-state index >= 15 is 0 Å². The van der Waals surface area contributed by atoms with Gasteiger partial charge in [-0.15, -0.1) is 0 Å². The maximum atomic E-state index is 13.0. The zero-order valence-electron chi connectivity index (χ0n) is 15.2. The van der Waals surface area contributed by atoms with E-state index in [9.17, 15) is 18.8 Å². The summed E-state index contributed by atoms with van der Waals surface area (Å²) in [6, 6.07) is 20.0. The largest absolute Gasteiger partial charge is 0.452 e. The number of benzene rings is 3. The third kappa shape index (κ3) is 5.49. The number of halogens is 1. The lowest BCUT2D eigenvalue weighted by Crippen LogP contribution is -2.23. The van der Waals surface area contributed by atoms with Crippen LogP contribution in [0.3, 0.4) is 0 Å². The quantitative estimate of drug-likeness (QED) is 0.624. The van der Waals surface area contributed by atoms with Crippen molar-refractivity contribution in [3.8, 4) is 0 Å². The van der Waals surface area contributed by atoms with Gasteiger partial charge in [-0.25, -0.2) is 9.18 Å². The van der Waals surface area contributed by atoms with Gasteiger partial charge in [0.2, 0.25) is 0 Å². The third-order valence-electron chi connectivity index (χ3n) is 3.89. The fourth-order valence-corrected chi connectivity index (χ4v) is 2.50. The highest BCUT2D eigenvalue weighted by molar-refractivity contribution is 6.10. The highest BCUT2D eigenvalue weighted by Crippen LogP contribution is 2.18. The normalized spacial score (nSPS) is 10.1. The van der Waals surface area contributed by atoms with Crippen molar-refractivity contribution in [1.29, 1.82) is 0 Å². The van der Waals surface area contributed by atoms with Crippen molar-refractivity contribution in [3.63, 3.8) is 0 Å². The van der Waals surface area contributed by atoms with Crippen molar-refractivity contribution in [1.82, 2.24) is 0 Å². The number of ether oxygens (including phenoxy) is 1. The first-order chi connectivity index (χ1) is 14.0. The number of carbonyl (C=O) groups is 3. The predicted molar refractivity (Wildman–Crippen MR) is 106 cm³/mol. The molecule has 0 unspecified atom stereocenters. The van der Waals surface area contributed by atoms with E-state index < -0.39 is 30.2 Å². The van der Waals surface area contributed by atoms with Crippen molar-refractivity contribution in [2.45, 2.75) is 0 Å². The molecule has 0 bridgehead atoms. The van der Waals surface area contributed by atoms with E-state index in [0.29, 0.717) is 11.3 Å². The van der Waals surface area contributed by atoms with Crippen LogP contribution in [-0.4, -0.2) is 24.4 Å². The second-order valence-corrected chi connectivity index (χ2v) is 6.00. The fraction of sp³-hybridized carbons (Fsp3) is 0.0455. The number of nitrogens with one attached hydrogen (secondary N) is 2. The first-order valence-corrected chi connectivity index (χ1v) is 8.71. The van der Waals surface area contributed by atoms with Gasteiger partial charge in [-0.3, -0.25) is 9.59 Å². The molecule has 7 heteroatoms. The lowest BCUT2D eigenvalue weighted by atomic mass is 10.1. The Morgan fingerprint density at radius 2 is 1.45 bits per heavy atom. The minimum Gasteiger partial charge on any atom is -0.452 e. The van der Waals surface area contributed by atoms with Crippen LogP contribution in [0.1, 0.15) is 20.7 Å². The summed E-state index contributed by atoms with van der Waals surface area (Å²) in [5, 5.41) is 5.18. The molecule has 0 fully saturated rings. The number of amides is 2. The van der Waals surface area contributed by atoms with E-state index in [1.54, 1.807) is 48.5 Å². The number of hydrogen-bond donors (Lipinski definition) is 2. The monoisotopic (exact) mass is 392 g/mol. The highest BCUT2D eigenvalue weighted by atomic mass is 19.1. The molecule has 0 aliphatic carbocycles. The van der Waals surface area contributed by atoms with E-state index in [1.165, 1.54) is 30.3 Å². The van der Waals surface area contributed by atoms with Gasteiger partial charge in [-0.1, -0.05) is 30.3 Å². The molecule has 3 rings (SSSR count). The lowest BCUT2D eigenvalue weighted by Gasteiger charge is -2.12. The van der Waals surface area contributed by atoms with Crippen LogP contribution >= 0.6 is 0 Å². The van der Waals surface area contributed by atoms with Crippen molar-refractivity contribution < 1.29 is 23.5 Å². The standard InChI is InChI=1S/C22H17FN2O4/c23-16-10-12-17(13-11-16)24-21(27)18-8-4-5-9-19(18)25-20(26)14-29-22(28)15-6-2-1-3-7-15/h1-13H,14H2,(H,24,27)(H,25,26). The summed E-state index contributed by atoms with van der Waals surface area (Å²) < 4.78 is 18.0. The Balaban J connectivity index is 1.62. The molecule has 2 amide bonds. The van der Waals surface area contributed by atoms with Gasteiger partial charge in [-0.05, 0) is 48.5 Å². The molecule has 0 aliphatic rings. The van der Waals surface area contributed by atoms with Gasteiger partial charge in [0.15, 0.2) is 6.61 Å². The Morgan fingerprint density at radius 3 is 2.17 bits per heavy atom. The molecule has 0 aromatic heterocycles. The van der Waals surface area contributed by atoms with E-state index in [2.05, 4.69) is 10.6 Å². The molecule has 146 valence electrons. The first-order valence-electron chi connectivity index (χ1n) is 8.71. The molecule has 29 heavy (non-hydrogen) atoms. The molecule has 0 saturated heterocycles. The van der Waals surface area contributed by atoms with Gasteiger partial charge in [0.25, 0.3) is 11.8 Å². The van der Waals surface area contributed by atoms with E-state index in [4.69, 9.17) is 4.74 Å². The average molecular weight is 392 g/mol. The van der Waals surface area contributed by atoms with Gasteiger partial charge >= 0.3 is 5.97 Å². The number of para-hydroxylation sites is 1. The number of rotatable bonds is 6. The minimum atomic E-state index is -0.622. The Hall–Kier alpha value is -4.00. The maximum absolute atomic E-state index is 13.0. The summed E-state index contributed by atoms with van der Waals surface area (Å²) in [7, 11) is 0. The summed E-state index contributed by atoms with van der Waals surface area (Å²) >= 11 is 0. The molecule has 3 aromatic carbocycles. The Kier molecular flexibility index (Phi) is 6.32. The Bertz CT molecular complexity index is 1020. The predicted octanol–water partition coefficient (Wildman–Crippen LogP) is 3.87. The number of hydrogen-bond acceptors (Lipinski definition) is 4. The van der Waals surface area contributed by atoms with E-state index in [-0.39, 0.29) is 11.3 Å². The molecule has 6 nitrogen and oxygen atoms in total. The van der Waals surface area contributed by atoms with Gasteiger partial charge in [0, 0.05) is 5.69 Å². The van der Waals surface area contributed by atoms with Crippen LogP contribution < -0.4 is 10.6 Å². The SMILES string of the molecule is O=C(COC(=O)c1ccccc1)Nc1ccccc1C(=O)Nc1ccc(F)cc1. The summed E-state index contributed by atoms with van der Waals surface area (Å²) in [5.74, 6) is -2.10. The second kappa shape index (κ2) is 9.27. The molecule has 0 radical (unpaired) electrons. The van der Waals surface area contributed by atoms with Crippen LogP contribution in [-0.2, 0) is 9.53 Å². The molecule has 0 heterocycles. The number of carbonyl (C=O) groups excluding carboxylic acids is 3. The molecule has 0 saturated carbocycles. The first kappa shape index (κ1) is 19.8. The second-order valence-electron chi connectivity index (χ2n) is 6.00. The molecule has 0 spiro atoms. The number of anilines is 2. The third-order valence-corrected chi connectivity index (χ3v) is 3.89. The smallest absolute Gasteiger partial charge is 0.338 e. The number of esters is 1. The summed E-state index contributed by atoms with van der Waals surface area (Å²) in [6.07, 6.45) is 0. The van der Waals surface area contributed by atoms with Crippen LogP contribution in [0.25, 0.3) is 0 Å². The molecule has 0 aliphatic heterocycles. The Morgan fingerprint density at radius 1 is 0.793 bits per heavy atom. The van der Waals surface area contributed by atoms with E-state index in [1.807, 2.05) is 0 Å². The summed E-state index contributed by atoms with van der Waals surface area (Å²) in [4.78, 5) is 36.6. The summed E-state index contributed by atoms with van der Waals surface area (Å²) in [6.45, 7) is -0.498. The topological polar surface area (TPSA) is 84.5 Å². The zero-order valence-corrected chi connectivity index (χ0v) is 15.2. The molecular weight excluding hydrogens is 375 g/mol. The molecule has 3 aromatic rings.